The Morgan fingerprint density at radius 3 is 2.53 bits per heavy atom. The van der Waals surface area contributed by atoms with Crippen LogP contribution in [-0.2, 0) is 6.54 Å². The highest BCUT2D eigenvalue weighted by Gasteiger charge is 2.15. The van der Waals surface area contributed by atoms with Gasteiger partial charge in [0.15, 0.2) is 0 Å². The van der Waals surface area contributed by atoms with Crippen molar-refractivity contribution in [3.8, 4) is 0 Å². The molecule has 0 radical (unpaired) electrons. The van der Waals surface area contributed by atoms with E-state index in [2.05, 4.69) is 48.7 Å². The summed E-state index contributed by atoms with van der Waals surface area (Å²) in [6.07, 6.45) is 1.21. The second kappa shape index (κ2) is 6.18. The molecule has 1 aromatic carbocycles. The van der Waals surface area contributed by atoms with Crippen molar-refractivity contribution in [3.63, 3.8) is 0 Å². The summed E-state index contributed by atoms with van der Waals surface area (Å²) < 4.78 is 0. The molecule has 1 aliphatic heterocycles. The van der Waals surface area contributed by atoms with Crippen LogP contribution in [0, 0.1) is 5.92 Å². The van der Waals surface area contributed by atoms with E-state index in [4.69, 9.17) is 0 Å². The Morgan fingerprint density at radius 1 is 1.29 bits per heavy atom. The summed E-state index contributed by atoms with van der Waals surface area (Å²) in [5.74, 6) is 1.52. The van der Waals surface area contributed by atoms with Gasteiger partial charge in [0.2, 0.25) is 0 Å². The summed E-state index contributed by atoms with van der Waals surface area (Å²) >= 11 is 0. The van der Waals surface area contributed by atoms with Crippen molar-refractivity contribution in [3.05, 3.63) is 35.4 Å². The van der Waals surface area contributed by atoms with E-state index in [0.717, 1.165) is 19.0 Å². The second-order valence-electron chi connectivity index (χ2n) is 5.21. The van der Waals surface area contributed by atoms with Gasteiger partial charge >= 0.3 is 0 Å². The average Bonchev–Trinajstić information content (AvgIpc) is 2.32. The first-order chi connectivity index (χ1) is 8.29. The summed E-state index contributed by atoms with van der Waals surface area (Å²) in [6, 6.07) is 9.06. The minimum atomic E-state index is 0.679. The molecule has 17 heavy (non-hydrogen) atoms. The molecule has 2 heteroatoms. The van der Waals surface area contributed by atoms with Crippen LogP contribution in [0.2, 0.25) is 0 Å². The Morgan fingerprint density at radius 2 is 2.00 bits per heavy atom. The van der Waals surface area contributed by atoms with Crippen LogP contribution in [0.3, 0.4) is 0 Å². The number of nitrogens with one attached hydrogen (secondary N) is 2. The molecular formula is C15H24N2. The molecule has 0 bridgehead atoms. The third kappa shape index (κ3) is 3.55. The molecule has 1 aromatic rings. The Hall–Kier alpha value is -0.860. The van der Waals surface area contributed by atoms with Crippen molar-refractivity contribution >= 4 is 0 Å². The van der Waals surface area contributed by atoms with Crippen LogP contribution in [0.15, 0.2) is 24.3 Å². The van der Waals surface area contributed by atoms with Crippen LogP contribution in [-0.4, -0.2) is 19.6 Å². The lowest BCUT2D eigenvalue weighted by atomic mass is 9.97. The molecule has 2 nitrogen and oxygen atoms in total. The van der Waals surface area contributed by atoms with Crippen LogP contribution in [0.25, 0.3) is 0 Å². The maximum Gasteiger partial charge on any atom is 0.0205 e. The van der Waals surface area contributed by atoms with E-state index in [1.54, 1.807) is 0 Å². The molecule has 1 aliphatic rings. The Bertz CT molecular complexity index is 327. The largest absolute Gasteiger partial charge is 0.316 e. The van der Waals surface area contributed by atoms with Gasteiger partial charge in [-0.15, -0.1) is 0 Å². The molecule has 94 valence electrons. The van der Waals surface area contributed by atoms with E-state index >= 15 is 0 Å². The topological polar surface area (TPSA) is 24.1 Å². The molecule has 2 N–H and O–H groups in total. The van der Waals surface area contributed by atoms with Crippen LogP contribution >= 0.6 is 0 Å². The predicted molar refractivity (Wildman–Crippen MR) is 73.2 cm³/mol. The first kappa shape index (κ1) is 12.6. The standard InChI is InChI=1S/C15H24N2/c1-3-12(2)15-6-4-13(5-7-15)8-16-9-14-10-17-11-14/h4-7,12,14,16-17H,3,8-11H2,1-2H3. The minimum absolute atomic E-state index is 0.679. The molecule has 2 rings (SSSR count). The molecule has 0 aliphatic carbocycles. The van der Waals surface area contributed by atoms with E-state index < -0.39 is 0 Å². The van der Waals surface area contributed by atoms with E-state index in [-0.39, 0.29) is 0 Å². The summed E-state index contributed by atoms with van der Waals surface area (Å²) in [5.41, 5.74) is 2.85. The zero-order valence-electron chi connectivity index (χ0n) is 11.0. The predicted octanol–water partition coefficient (Wildman–Crippen LogP) is 2.51. The Kier molecular flexibility index (Phi) is 4.57. The van der Waals surface area contributed by atoms with Gasteiger partial charge in [-0.05, 0) is 29.4 Å². The quantitative estimate of drug-likeness (QED) is 0.787. The SMILES string of the molecule is CCC(C)c1ccc(CNCC2CNC2)cc1. The van der Waals surface area contributed by atoms with Crippen molar-refractivity contribution in [2.24, 2.45) is 5.92 Å². The van der Waals surface area contributed by atoms with Gasteiger partial charge in [0.1, 0.15) is 0 Å². The molecule has 0 saturated carbocycles. The molecular weight excluding hydrogens is 208 g/mol. The molecule has 0 spiro atoms. The zero-order valence-corrected chi connectivity index (χ0v) is 11.0. The molecule has 1 atom stereocenters. The molecule has 1 unspecified atom stereocenters. The van der Waals surface area contributed by atoms with E-state index in [1.165, 1.54) is 30.6 Å². The van der Waals surface area contributed by atoms with Gasteiger partial charge < -0.3 is 10.6 Å². The van der Waals surface area contributed by atoms with Crippen molar-refractivity contribution in [2.45, 2.75) is 32.7 Å². The van der Waals surface area contributed by atoms with Crippen LogP contribution in [0.5, 0.6) is 0 Å². The fourth-order valence-corrected chi connectivity index (χ4v) is 2.11. The maximum atomic E-state index is 3.53. The fourth-order valence-electron chi connectivity index (χ4n) is 2.11. The van der Waals surface area contributed by atoms with Crippen molar-refractivity contribution < 1.29 is 0 Å². The smallest absolute Gasteiger partial charge is 0.0205 e. The lowest BCUT2D eigenvalue weighted by Gasteiger charge is -2.27. The molecule has 0 aromatic heterocycles. The highest BCUT2D eigenvalue weighted by atomic mass is 15.0. The lowest BCUT2D eigenvalue weighted by molar-refractivity contribution is 0.331. The third-order valence-electron chi connectivity index (χ3n) is 3.79. The molecule has 1 fully saturated rings. The molecule has 1 saturated heterocycles. The Balaban J connectivity index is 1.76. The van der Waals surface area contributed by atoms with Crippen molar-refractivity contribution in [2.75, 3.05) is 19.6 Å². The van der Waals surface area contributed by atoms with Crippen LogP contribution in [0.4, 0.5) is 0 Å². The van der Waals surface area contributed by atoms with Gasteiger partial charge in [-0.3, -0.25) is 0 Å². The van der Waals surface area contributed by atoms with Gasteiger partial charge in [0, 0.05) is 26.2 Å². The number of rotatable bonds is 6. The summed E-state index contributed by atoms with van der Waals surface area (Å²) in [4.78, 5) is 0. The van der Waals surface area contributed by atoms with Gasteiger partial charge in [-0.1, -0.05) is 38.1 Å². The Labute approximate surface area is 105 Å². The van der Waals surface area contributed by atoms with Crippen molar-refractivity contribution in [1.29, 1.82) is 0 Å². The minimum Gasteiger partial charge on any atom is -0.316 e. The summed E-state index contributed by atoms with van der Waals surface area (Å²) in [7, 11) is 0. The van der Waals surface area contributed by atoms with Gasteiger partial charge in [-0.2, -0.15) is 0 Å². The highest BCUT2D eigenvalue weighted by Crippen LogP contribution is 2.18. The first-order valence-corrected chi connectivity index (χ1v) is 6.80. The zero-order chi connectivity index (χ0) is 12.1. The van der Waals surface area contributed by atoms with Gasteiger partial charge in [0.25, 0.3) is 0 Å². The average molecular weight is 232 g/mol. The van der Waals surface area contributed by atoms with E-state index in [0.29, 0.717) is 5.92 Å². The monoisotopic (exact) mass is 232 g/mol. The van der Waals surface area contributed by atoms with Gasteiger partial charge in [-0.25, -0.2) is 0 Å². The summed E-state index contributed by atoms with van der Waals surface area (Å²) in [6.45, 7) is 9.03. The number of hydrogen-bond acceptors (Lipinski definition) is 2. The van der Waals surface area contributed by atoms with Crippen LogP contribution in [0.1, 0.15) is 37.3 Å². The van der Waals surface area contributed by atoms with Crippen LogP contribution < -0.4 is 10.6 Å². The van der Waals surface area contributed by atoms with E-state index in [9.17, 15) is 0 Å². The summed E-state index contributed by atoms with van der Waals surface area (Å²) in [5, 5.41) is 6.82. The lowest BCUT2D eigenvalue weighted by Crippen LogP contribution is -2.47. The number of hydrogen-bond donors (Lipinski definition) is 2. The third-order valence-corrected chi connectivity index (χ3v) is 3.79. The first-order valence-electron chi connectivity index (χ1n) is 6.80. The van der Waals surface area contributed by atoms with Gasteiger partial charge in [0.05, 0.1) is 0 Å². The fraction of sp³-hybridized carbons (Fsp3) is 0.600. The second-order valence-corrected chi connectivity index (χ2v) is 5.21. The van der Waals surface area contributed by atoms with E-state index in [1.807, 2.05) is 0 Å². The number of benzene rings is 1. The molecule has 0 amide bonds. The maximum absolute atomic E-state index is 3.53. The molecule has 1 heterocycles. The highest BCUT2D eigenvalue weighted by molar-refractivity contribution is 5.24. The normalized spacial score (nSPS) is 17.8. The van der Waals surface area contributed by atoms with Crippen molar-refractivity contribution in [1.82, 2.24) is 10.6 Å².